The molecule has 0 aliphatic carbocycles. The van der Waals surface area contributed by atoms with E-state index < -0.39 is 0 Å². The minimum atomic E-state index is -0.263. The lowest BCUT2D eigenvalue weighted by atomic mass is 10.0. The molecule has 0 unspecified atom stereocenters. The molecular formula is C15H16N4O2. The second-order valence-corrected chi connectivity index (χ2v) is 5.04. The topological polar surface area (TPSA) is 76.0 Å². The summed E-state index contributed by atoms with van der Waals surface area (Å²) in [6, 6.07) is 11.9. The maximum absolute atomic E-state index is 12.1. The Kier molecular flexibility index (Phi) is 3.79. The maximum atomic E-state index is 12.1. The van der Waals surface area contributed by atoms with Crippen molar-refractivity contribution in [2.24, 2.45) is 5.92 Å². The zero-order valence-electron chi connectivity index (χ0n) is 11.5. The highest BCUT2D eigenvalue weighted by Gasteiger charge is 2.18. The molecule has 1 aromatic heterocycles. The third-order valence-electron chi connectivity index (χ3n) is 3.45. The summed E-state index contributed by atoms with van der Waals surface area (Å²) < 4.78 is 1.24. The first-order chi connectivity index (χ1) is 10.2. The molecule has 1 saturated heterocycles. The van der Waals surface area contributed by atoms with Gasteiger partial charge in [-0.2, -0.15) is 9.78 Å². The zero-order valence-corrected chi connectivity index (χ0v) is 11.5. The number of carbonyl (C=O) groups is 1. The van der Waals surface area contributed by atoms with Crippen molar-refractivity contribution in [2.75, 3.05) is 19.6 Å². The van der Waals surface area contributed by atoms with Crippen molar-refractivity contribution in [3.05, 3.63) is 58.5 Å². The number of amides is 1. The van der Waals surface area contributed by atoms with Gasteiger partial charge in [0.05, 0.1) is 5.69 Å². The summed E-state index contributed by atoms with van der Waals surface area (Å²) in [6.07, 6.45) is 0. The van der Waals surface area contributed by atoms with E-state index in [-0.39, 0.29) is 17.2 Å². The monoisotopic (exact) mass is 284 g/mol. The zero-order chi connectivity index (χ0) is 14.7. The van der Waals surface area contributed by atoms with Crippen LogP contribution in [0.3, 0.4) is 0 Å². The standard InChI is InChI=1S/C15H16N4O2/c20-14-7-6-13(15(21)17-10-11-8-16-9-11)18-19(14)12-4-2-1-3-5-12/h1-7,11,16H,8-10H2,(H,17,21). The van der Waals surface area contributed by atoms with Gasteiger partial charge in [0, 0.05) is 31.6 Å². The van der Waals surface area contributed by atoms with E-state index in [1.165, 1.54) is 16.8 Å². The number of hydrogen-bond donors (Lipinski definition) is 2. The predicted molar refractivity (Wildman–Crippen MR) is 78.5 cm³/mol. The van der Waals surface area contributed by atoms with Crippen LogP contribution in [0, 0.1) is 5.92 Å². The lowest BCUT2D eigenvalue weighted by molar-refractivity contribution is 0.0935. The highest BCUT2D eigenvalue weighted by molar-refractivity contribution is 5.92. The fourth-order valence-electron chi connectivity index (χ4n) is 2.11. The van der Waals surface area contributed by atoms with E-state index in [9.17, 15) is 9.59 Å². The van der Waals surface area contributed by atoms with Crippen LogP contribution in [0.5, 0.6) is 0 Å². The summed E-state index contributed by atoms with van der Waals surface area (Å²) in [7, 11) is 0. The lowest BCUT2D eigenvalue weighted by Crippen LogP contribution is -2.48. The minimum absolute atomic E-state index is 0.241. The van der Waals surface area contributed by atoms with Crippen molar-refractivity contribution in [2.45, 2.75) is 0 Å². The average Bonchev–Trinajstić information content (AvgIpc) is 2.47. The van der Waals surface area contributed by atoms with Crippen molar-refractivity contribution in [3.63, 3.8) is 0 Å². The smallest absolute Gasteiger partial charge is 0.271 e. The molecule has 108 valence electrons. The highest BCUT2D eigenvalue weighted by Crippen LogP contribution is 2.04. The molecule has 0 spiro atoms. The largest absolute Gasteiger partial charge is 0.350 e. The van der Waals surface area contributed by atoms with Crippen LogP contribution >= 0.6 is 0 Å². The molecule has 6 heteroatoms. The number of aromatic nitrogens is 2. The molecule has 3 rings (SSSR count). The Bertz CT molecular complexity index is 692. The summed E-state index contributed by atoms with van der Waals surface area (Å²) >= 11 is 0. The van der Waals surface area contributed by atoms with Crippen LogP contribution in [-0.4, -0.2) is 35.3 Å². The van der Waals surface area contributed by atoms with Gasteiger partial charge in [0.2, 0.25) is 0 Å². The molecule has 2 N–H and O–H groups in total. The molecule has 0 saturated carbocycles. The van der Waals surface area contributed by atoms with E-state index in [0.29, 0.717) is 18.2 Å². The van der Waals surface area contributed by atoms with Crippen LogP contribution in [0.15, 0.2) is 47.3 Å². The molecule has 2 aromatic rings. The normalized spacial score (nSPS) is 14.5. The van der Waals surface area contributed by atoms with E-state index in [0.717, 1.165) is 13.1 Å². The molecule has 2 heterocycles. The van der Waals surface area contributed by atoms with Crippen molar-refractivity contribution in [1.82, 2.24) is 20.4 Å². The Morgan fingerprint density at radius 3 is 2.67 bits per heavy atom. The van der Waals surface area contributed by atoms with Crippen molar-refractivity contribution < 1.29 is 4.79 Å². The van der Waals surface area contributed by atoms with E-state index >= 15 is 0 Å². The van der Waals surface area contributed by atoms with Crippen LogP contribution < -0.4 is 16.2 Å². The third-order valence-corrected chi connectivity index (χ3v) is 3.45. The Hall–Kier alpha value is -2.47. The van der Waals surface area contributed by atoms with Gasteiger partial charge in [-0.25, -0.2) is 0 Å². The number of hydrogen-bond acceptors (Lipinski definition) is 4. The number of rotatable bonds is 4. The first-order valence-corrected chi connectivity index (χ1v) is 6.89. The van der Waals surface area contributed by atoms with Gasteiger partial charge in [-0.3, -0.25) is 9.59 Å². The molecule has 0 bridgehead atoms. The summed E-state index contributed by atoms with van der Waals surface area (Å²) in [6.45, 7) is 2.48. The van der Waals surface area contributed by atoms with Gasteiger partial charge in [0.15, 0.2) is 0 Å². The number of para-hydroxylation sites is 1. The van der Waals surface area contributed by atoms with E-state index in [2.05, 4.69) is 15.7 Å². The third kappa shape index (κ3) is 3.00. The molecule has 0 radical (unpaired) electrons. The number of nitrogens with zero attached hydrogens (tertiary/aromatic N) is 2. The van der Waals surface area contributed by atoms with Gasteiger partial charge in [-0.15, -0.1) is 0 Å². The van der Waals surface area contributed by atoms with Crippen LogP contribution in [0.25, 0.3) is 5.69 Å². The predicted octanol–water partition coefficient (Wildman–Crippen LogP) is 0.182. The van der Waals surface area contributed by atoms with Crippen LogP contribution in [0.4, 0.5) is 0 Å². The summed E-state index contributed by atoms with van der Waals surface area (Å²) in [4.78, 5) is 24.0. The van der Waals surface area contributed by atoms with E-state index in [1.807, 2.05) is 18.2 Å². The van der Waals surface area contributed by atoms with Crippen molar-refractivity contribution >= 4 is 5.91 Å². The van der Waals surface area contributed by atoms with Crippen molar-refractivity contribution in [3.8, 4) is 5.69 Å². The van der Waals surface area contributed by atoms with E-state index in [1.54, 1.807) is 12.1 Å². The minimum Gasteiger partial charge on any atom is -0.350 e. The number of carbonyl (C=O) groups excluding carboxylic acids is 1. The van der Waals surface area contributed by atoms with Gasteiger partial charge in [-0.1, -0.05) is 18.2 Å². The Balaban J connectivity index is 1.80. The average molecular weight is 284 g/mol. The molecule has 1 fully saturated rings. The Morgan fingerprint density at radius 1 is 1.24 bits per heavy atom. The SMILES string of the molecule is O=C(NCC1CNC1)c1ccc(=O)n(-c2ccccc2)n1. The molecule has 1 aromatic carbocycles. The molecular weight excluding hydrogens is 268 g/mol. The lowest BCUT2D eigenvalue weighted by Gasteiger charge is -2.26. The molecule has 0 atom stereocenters. The summed E-state index contributed by atoms with van der Waals surface area (Å²) in [5, 5.41) is 10.1. The fraction of sp³-hybridized carbons (Fsp3) is 0.267. The van der Waals surface area contributed by atoms with Crippen LogP contribution in [-0.2, 0) is 0 Å². The molecule has 1 aliphatic heterocycles. The first kappa shape index (κ1) is 13.5. The molecule has 21 heavy (non-hydrogen) atoms. The quantitative estimate of drug-likeness (QED) is 0.840. The van der Waals surface area contributed by atoms with E-state index in [4.69, 9.17) is 0 Å². The second kappa shape index (κ2) is 5.88. The van der Waals surface area contributed by atoms with Gasteiger partial charge < -0.3 is 10.6 Å². The highest BCUT2D eigenvalue weighted by atomic mass is 16.2. The van der Waals surface area contributed by atoms with Crippen LogP contribution in [0.1, 0.15) is 10.5 Å². The maximum Gasteiger partial charge on any atom is 0.271 e. The van der Waals surface area contributed by atoms with Gasteiger partial charge in [0.1, 0.15) is 5.69 Å². The molecule has 1 aliphatic rings. The second-order valence-electron chi connectivity index (χ2n) is 5.04. The Labute approximate surface area is 121 Å². The van der Waals surface area contributed by atoms with Gasteiger partial charge in [0.25, 0.3) is 11.5 Å². The van der Waals surface area contributed by atoms with Crippen LogP contribution in [0.2, 0.25) is 0 Å². The molecule has 1 amide bonds. The summed E-state index contributed by atoms with van der Waals surface area (Å²) in [5.74, 6) is 0.223. The Morgan fingerprint density at radius 2 is 2.00 bits per heavy atom. The number of benzene rings is 1. The number of nitrogens with one attached hydrogen (secondary N) is 2. The van der Waals surface area contributed by atoms with Gasteiger partial charge in [-0.05, 0) is 18.2 Å². The fourth-order valence-corrected chi connectivity index (χ4v) is 2.11. The molecule has 6 nitrogen and oxygen atoms in total. The van der Waals surface area contributed by atoms with Gasteiger partial charge >= 0.3 is 0 Å². The summed E-state index contributed by atoms with van der Waals surface area (Å²) in [5.41, 5.74) is 0.618. The van der Waals surface area contributed by atoms with Crippen molar-refractivity contribution in [1.29, 1.82) is 0 Å². The first-order valence-electron chi connectivity index (χ1n) is 6.89.